The Labute approximate surface area is 122 Å². The number of aryl methyl sites for hydroxylation is 1. The minimum absolute atomic E-state index is 0.0610. The molecule has 0 amide bonds. The first-order chi connectivity index (χ1) is 10.0. The summed E-state index contributed by atoms with van der Waals surface area (Å²) in [5.41, 5.74) is 2.35. The van der Waals surface area contributed by atoms with Crippen molar-refractivity contribution in [1.29, 1.82) is 5.26 Å². The molecule has 6 nitrogen and oxygen atoms in total. The number of hydrogen-bond acceptors (Lipinski definition) is 5. The van der Waals surface area contributed by atoms with Gasteiger partial charge in [-0.1, -0.05) is 6.07 Å². The maximum Gasteiger partial charge on any atom is 0.289 e. The van der Waals surface area contributed by atoms with Crippen LogP contribution in [0.3, 0.4) is 0 Å². The monoisotopic (exact) mass is 282 g/mol. The average molecular weight is 282 g/mol. The van der Waals surface area contributed by atoms with Crippen LogP contribution < -0.4 is 4.90 Å². The molecule has 0 N–H and O–H groups in total. The fourth-order valence-corrected chi connectivity index (χ4v) is 2.02. The van der Waals surface area contributed by atoms with Crippen LogP contribution in [-0.4, -0.2) is 17.0 Å². The Morgan fingerprint density at radius 2 is 2.14 bits per heavy atom. The quantitative estimate of drug-likeness (QED) is 0.636. The van der Waals surface area contributed by atoms with Crippen LogP contribution in [0.5, 0.6) is 0 Å². The van der Waals surface area contributed by atoms with E-state index < -0.39 is 4.92 Å². The lowest BCUT2D eigenvalue weighted by Gasteiger charge is -2.19. The molecule has 6 heteroatoms. The molecule has 0 saturated carbocycles. The van der Waals surface area contributed by atoms with Gasteiger partial charge in [0.1, 0.15) is 11.6 Å². The molecule has 21 heavy (non-hydrogen) atoms. The van der Waals surface area contributed by atoms with E-state index in [-0.39, 0.29) is 11.3 Å². The molecule has 1 heterocycles. The third kappa shape index (κ3) is 3.34. The Balaban J connectivity index is 2.27. The zero-order valence-electron chi connectivity index (χ0n) is 11.8. The number of hydrogen-bond donors (Lipinski definition) is 0. The first-order valence-corrected chi connectivity index (χ1v) is 6.33. The third-order valence-electron chi connectivity index (χ3n) is 3.08. The van der Waals surface area contributed by atoms with E-state index in [9.17, 15) is 10.1 Å². The highest BCUT2D eigenvalue weighted by Crippen LogP contribution is 2.25. The number of benzene rings is 1. The SMILES string of the molecule is Cc1cccc(CN(C)c2ccc(C#N)c([N+](=O)[O-])c2)n1. The van der Waals surface area contributed by atoms with Gasteiger partial charge in [-0.3, -0.25) is 15.1 Å². The Morgan fingerprint density at radius 3 is 2.76 bits per heavy atom. The van der Waals surface area contributed by atoms with E-state index in [0.29, 0.717) is 12.2 Å². The van der Waals surface area contributed by atoms with Crippen molar-refractivity contribution in [3.8, 4) is 6.07 Å². The maximum absolute atomic E-state index is 11.0. The summed E-state index contributed by atoms with van der Waals surface area (Å²) in [5.74, 6) is 0. The second-order valence-corrected chi connectivity index (χ2v) is 4.70. The Morgan fingerprint density at radius 1 is 1.38 bits per heavy atom. The van der Waals surface area contributed by atoms with Gasteiger partial charge in [-0.15, -0.1) is 0 Å². The predicted octanol–water partition coefficient (Wildman–Crippen LogP) is 2.81. The lowest BCUT2D eigenvalue weighted by Crippen LogP contribution is -2.17. The van der Waals surface area contributed by atoms with Gasteiger partial charge in [-0.25, -0.2) is 0 Å². The molecule has 0 atom stereocenters. The van der Waals surface area contributed by atoms with E-state index in [4.69, 9.17) is 5.26 Å². The molecule has 0 aliphatic carbocycles. The second-order valence-electron chi connectivity index (χ2n) is 4.70. The van der Waals surface area contributed by atoms with Crippen LogP contribution in [0.25, 0.3) is 0 Å². The van der Waals surface area contributed by atoms with Gasteiger partial charge >= 0.3 is 0 Å². The molecule has 0 fully saturated rings. The number of aromatic nitrogens is 1. The molecule has 0 spiro atoms. The molecule has 0 unspecified atom stereocenters. The lowest BCUT2D eigenvalue weighted by molar-refractivity contribution is -0.385. The van der Waals surface area contributed by atoms with Crippen molar-refractivity contribution in [2.75, 3.05) is 11.9 Å². The summed E-state index contributed by atoms with van der Waals surface area (Å²) in [5, 5.41) is 19.9. The van der Waals surface area contributed by atoms with E-state index in [1.807, 2.05) is 43.1 Å². The number of rotatable bonds is 4. The van der Waals surface area contributed by atoms with Gasteiger partial charge in [0, 0.05) is 24.5 Å². The van der Waals surface area contributed by atoms with E-state index in [1.54, 1.807) is 6.07 Å². The molecular weight excluding hydrogens is 268 g/mol. The molecular formula is C15H14N4O2. The number of nitro benzene ring substituents is 1. The van der Waals surface area contributed by atoms with Crippen LogP contribution in [0, 0.1) is 28.4 Å². The van der Waals surface area contributed by atoms with Crippen LogP contribution in [0.4, 0.5) is 11.4 Å². The first kappa shape index (κ1) is 14.5. The summed E-state index contributed by atoms with van der Waals surface area (Å²) >= 11 is 0. The number of anilines is 1. The van der Waals surface area contributed by atoms with Gasteiger partial charge in [0.15, 0.2) is 0 Å². The van der Waals surface area contributed by atoms with E-state index >= 15 is 0 Å². The highest BCUT2D eigenvalue weighted by atomic mass is 16.6. The minimum Gasteiger partial charge on any atom is -0.368 e. The van der Waals surface area contributed by atoms with Crippen LogP contribution in [-0.2, 0) is 6.54 Å². The van der Waals surface area contributed by atoms with Crippen molar-refractivity contribution in [2.24, 2.45) is 0 Å². The minimum atomic E-state index is -0.541. The van der Waals surface area contributed by atoms with E-state index in [0.717, 1.165) is 11.4 Å². The zero-order chi connectivity index (χ0) is 15.4. The van der Waals surface area contributed by atoms with E-state index in [2.05, 4.69) is 4.98 Å². The summed E-state index contributed by atoms with van der Waals surface area (Å²) in [6.07, 6.45) is 0. The van der Waals surface area contributed by atoms with Gasteiger partial charge in [-0.2, -0.15) is 5.26 Å². The Kier molecular flexibility index (Phi) is 4.14. The molecule has 1 aromatic carbocycles. The largest absolute Gasteiger partial charge is 0.368 e. The van der Waals surface area contributed by atoms with Gasteiger partial charge in [0.05, 0.1) is 17.2 Å². The van der Waals surface area contributed by atoms with Crippen LogP contribution in [0.1, 0.15) is 17.0 Å². The fraction of sp³-hybridized carbons (Fsp3) is 0.200. The molecule has 0 aliphatic rings. The summed E-state index contributed by atoms with van der Waals surface area (Å²) in [7, 11) is 1.83. The van der Waals surface area contributed by atoms with Gasteiger partial charge < -0.3 is 4.90 Å². The van der Waals surface area contributed by atoms with Crippen molar-refractivity contribution in [3.05, 3.63) is 63.5 Å². The molecule has 0 radical (unpaired) electrons. The highest BCUT2D eigenvalue weighted by molar-refractivity contribution is 5.60. The van der Waals surface area contributed by atoms with Crippen molar-refractivity contribution < 1.29 is 4.92 Å². The van der Waals surface area contributed by atoms with Gasteiger partial charge in [-0.05, 0) is 31.2 Å². The normalized spacial score (nSPS) is 9.95. The molecule has 0 aliphatic heterocycles. The Hall–Kier alpha value is -2.94. The average Bonchev–Trinajstić information content (AvgIpc) is 2.46. The van der Waals surface area contributed by atoms with Crippen molar-refractivity contribution >= 4 is 11.4 Å². The lowest BCUT2D eigenvalue weighted by atomic mass is 10.1. The molecule has 2 aromatic rings. The van der Waals surface area contributed by atoms with Gasteiger partial charge in [0.25, 0.3) is 5.69 Å². The Bertz CT molecular complexity index is 722. The predicted molar refractivity (Wildman–Crippen MR) is 78.9 cm³/mol. The zero-order valence-corrected chi connectivity index (χ0v) is 11.8. The van der Waals surface area contributed by atoms with Crippen LogP contribution in [0.2, 0.25) is 0 Å². The first-order valence-electron chi connectivity index (χ1n) is 6.33. The smallest absolute Gasteiger partial charge is 0.289 e. The molecule has 106 valence electrons. The number of pyridine rings is 1. The fourth-order valence-electron chi connectivity index (χ4n) is 2.02. The van der Waals surface area contributed by atoms with E-state index in [1.165, 1.54) is 12.1 Å². The molecule has 0 saturated heterocycles. The summed E-state index contributed by atoms with van der Waals surface area (Å²) in [6.45, 7) is 2.45. The number of nitro groups is 1. The number of nitriles is 1. The van der Waals surface area contributed by atoms with Crippen molar-refractivity contribution in [1.82, 2.24) is 4.98 Å². The number of nitrogens with zero attached hydrogens (tertiary/aromatic N) is 4. The van der Waals surface area contributed by atoms with Crippen molar-refractivity contribution in [2.45, 2.75) is 13.5 Å². The summed E-state index contributed by atoms with van der Waals surface area (Å²) in [6, 6.07) is 12.1. The summed E-state index contributed by atoms with van der Waals surface area (Å²) < 4.78 is 0. The van der Waals surface area contributed by atoms with Gasteiger partial charge in [0.2, 0.25) is 0 Å². The van der Waals surface area contributed by atoms with Crippen LogP contribution >= 0.6 is 0 Å². The topological polar surface area (TPSA) is 83.1 Å². The van der Waals surface area contributed by atoms with Crippen LogP contribution in [0.15, 0.2) is 36.4 Å². The summed E-state index contributed by atoms with van der Waals surface area (Å²) in [4.78, 5) is 16.7. The molecule has 2 rings (SSSR count). The molecule has 0 bridgehead atoms. The molecule has 1 aromatic heterocycles. The maximum atomic E-state index is 11.0. The van der Waals surface area contributed by atoms with Crippen molar-refractivity contribution in [3.63, 3.8) is 0 Å². The second kappa shape index (κ2) is 6.01. The highest BCUT2D eigenvalue weighted by Gasteiger charge is 2.16. The third-order valence-corrected chi connectivity index (χ3v) is 3.08. The standard InChI is InChI=1S/C15H14N4O2/c1-11-4-3-5-13(17-11)10-18(2)14-7-6-12(9-16)15(8-14)19(20)21/h3-8H,10H2,1-2H3.